The molecule has 2 heterocycles. The molecule has 0 bridgehead atoms. The summed E-state index contributed by atoms with van der Waals surface area (Å²) in [6.45, 7) is 1.76. The van der Waals surface area contributed by atoms with E-state index in [9.17, 15) is 13.2 Å². The number of aromatic amines is 1. The summed E-state index contributed by atoms with van der Waals surface area (Å²) in [5, 5.41) is 6.58. The quantitative estimate of drug-likeness (QED) is 0.910. The molecule has 102 valence electrons. The monoisotopic (exact) mass is 271 g/mol. The number of hydrogen-bond acceptors (Lipinski definition) is 4. The third-order valence-electron chi connectivity index (χ3n) is 2.37. The van der Waals surface area contributed by atoms with Crippen molar-refractivity contribution in [3.8, 4) is 11.4 Å². The van der Waals surface area contributed by atoms with Crippen LogP contribution in [0.5, 0.6) is 0 Å². The summed E-state index contributed by atoms with van der Waals surface area (Å²) in [5.74, 6) is -0.00882. The van der Waals surface area contributed by atoms with Gasteiger partial charge >= 0.3 is 6.18 Å². The van der Waals surface area contributed by atoms with Crippen LogP contribution in [0.4, 0.5) is 19.1 Å². The lowest BCUT2D eigenvalue weighted by Crippen LogP contribution is -2.17. The van der Waals surface area contributed by atoms with Crippen LogP contribution in [0.2, 0.25) is 0 Å². The van der Waals surface area contributed by atoms with E-state index < -0.39 is 11.9 Å². The standard InChI is InChI=1S/C11H12F3N5/c1-6-4-8(18-17-6)7-5-9(11(12,13)14)16-10(15-7)19(2)3/h4-5H,1-3H3,(H,17,18). The van der Waals surface area contributed by atoms with Crippen molar-refractivity contribution in [2.45, 2.75) is 13.1 Å². The summed E-state index contributed by atoms with van der Waals surface area (Å²) in [4.78, 5) is 8.97. The van der Waals surface area contributed by atoms with Crippen LogP contribution < -0.4 is 4.90 Å². The summed E-state index contributed by atoms with van der Waals surface area (Å²) >= 11 is 0. The summed E-state index contributed by atoms with van der Waals surface area (Å²) in [7, 11) is 3.16. The number of alkyl halides is 3. The lowest BCUT2D eigenvalue weighted by Gasteiger charge is -2.14. The van der Waals surface area contributed by atoms with E-state index >= 15 is 0 Å². The minimum atomic E-state index is -4.52. The molecule has 0 unspecified atom stereocenters. The Morgan fingerprint density at radius 2 is 1.79 bits per heavy atom. The van der Waals surface area contributed by atoms with E-state index in [1.807, 2.05) is 0 Å². The first kappa shape index (κ1) is 13.3. The van der Waals surface area contributed by atoms with Gasteiger partial charge in [0.1, 0.15) is 5.69 Å². The van der Waals surface area contributed by atoms with E-state index in [-0.39, 0.29) is 11.6 Å². The number of aromatic nitrogens is 4. The average Bonchev–Trinajstić information content (AvgIpc) is 2.74. The molecule has 19 heavy (non-hydrogen) atoms. The minimum Gasteiger partial charge on any atom is -0.347 e. The van der Waals surface area contributed by atoms with Crippen LogP contribution in [0.1, 0.15) is 11.4 Å². The predicted octanol–water partition coefficient (Wildman–Crippen LogP) is 2.26. The highest BCUT2D eigenvalue weighted by molar-refractivity contribution is 5.57. The van der Waals surface area contributed by atoms with Crippen molar-refractivity contribution in [1.29, 1.82) is 0 Å². The van der Waals surface area contributed by atoms with Crippen molar-refractivity contribution in [3.05, 3.63) is 23.5 Å². The van der Waals surface area contributed by atoms with Crippen molar-refractivity contribution in [1.82, 2.24) is 20.2 Å². The third-order valence-corrected chi connectivity index (χ3v) is 2.37. The van der Waals surface area contributed by atoms with Crippen LogP contribution in [-0.4, -0.2) is 34.3 Å². The van der Waals surface area contributed by atoms with Crippen molar-refractivity contribution in [3.63, 3.8) is 0 Å². The van der Waals surface area contributed by atoms with Crippen LogP contribution >= 0.6 is 0 Å². The molecule has 0 radical (unpaired) electrons. The van der Waals surface area contributed by atoms with E-state index in [0.29, 0.717) is 5.69 Å². The van der Waals surface area contributed by atoms with Gasteiger partial charge in [-0.1, -0.05) is 0 Å². The topological polar surface area (TPSA) is 57.7 Å². The zero-order valence-electron chi connectivity index (χ0n) is 10.6. The molecule has 0 aliphatic rings. The van der Waals surface area contributed by atoms with Gasteiger partial charge in [0.15, 0.2) is 5.69 Å². The van der Waals surface area contributed by atoms with Gasteiger partial charge in [0.2, 0.25) is 5.95 Å². The SMILES string of the molecule is Cc1cc(-c2cc(C(F)(F)F)nc(N(C)C)n2)n[nH]1. The van der Waals surface area contributed by atoms with Gasteiger partial charge in [0.05, 0.1) is 5.69 Å². The summed E-state index contributed by atoms with van der Waals surface area (Å²) < 4.78 is 38.4. The Kier molecular flexibility index (Phi) is 3.17. The van der Waals surface area contributed by atoms with Crippen molar-refractivity contribution < 1.29 is 13.2 Å². The highest BCUT2D eigenvalue weighted by Crippen LogP contribution is 2.31. The maximum absolute atomic E-state index is 12.8. The third kappa shape index (κ3) is 2.83. The van der Waals surface area contributed by atoms with Gasteiger partial charge in [0.25, 0.3) is 0 Å². The van der Waals surface area contributed by atoms with Gasteiger partial charge in [-0.2, -0.15) is 18.3 Å². The number of hydrogen-bond donors (Lipinski definition) is 1. The molecule has 5 nitrogen and oxygen atoms in total. The Morgan fingerprint density at radius 3 is 2.26 bits per heavy atom. The fraction of sp³-hybridized carbons (Fsp3) is 0.364. The molecule has 0 aromatic carbocycles. The minimum absolute atomic E-state index is 0.00882. The zero-order valence-corrected chi connectivity index (χ0v) is 10.6. The van der Waals surface area contributed by atoms with Crippen molar-refractivity contribution >= 4 is 5.95 Å². The smallest absolute Gasteiger partial charge is 0.347 e. The number of nitrogens with zero attached hydrogens (tertiary/aromatic N) is 4. The Bertz CT molecular complexity index is 588. The molecule has 0 atom stereocenters. The second-order valence-electron chi connectivity index (χ2n) is 4.27. The van der Waals surface area contributed by atoms with Crippen LogP contribution in [-0.2, 0) is 6.18 Å². The first-order valence-corrected chi connectivity index (χ1v) is 5.43. The molecule has 8 heteroatoms. The molecule has 0 fully saturated rings. The molecule has 0 spiro atoms. The molecule has 2 rings (SSSR count). The maximum Gasteiger partial charge on any atom is 0.433 e. The van der Waals surface area contributed by atoms with E-state index in [1.165, 1.54) is 4.90 Å². The molecule has 0 aliphatic heterocycles. The van der Waals surface area contributed by atoms with Crippen LogP contribution in [0.3, 0.4) is 0 Å². The predicted molar refractivity (Wildman–Crippen MR) is 63.7 cm³/mol. The van der Waals surface area contributed by atoms with Gasteiger partial charge in [-0.25, -0.2) is 9.97 Å². The molecule has 0 saturated carbocycles. The molecular formula is C11H12F3N5. The number of aryl methyl sites for hydroxylation is 1. The van der Waals surface area contributed by atoms with E-state index in [0.717, 1.165) is 11.8 Å². The van der Waals surface area contributed by atoms with E-state index in [4.69, 9.17) is 0 Å². The lowest BCUT2D eigenvalue weighted by atomic mass is 10.2. The van der Waals surface area contributed by atoms with Gasteiger partial charge in [0, 0.05) is 19.8 Å². The largest absolute Gasteiger partial charge is 0.433 e. The van der Waals surface area contributed by atoms with Crippen LogP contribution in [0.25, 0.3) is 11.4 Å². The number of halogens is 3. The normalized spacial score (nSPS) is 11.7. The number of rotatable bonds is 2. The molecule has 2 aromatic rings. The van der Waals surface area contributed by atoms with Crippen LogP contribution in [0, 0.1) is 6.92 Å². The van der Waals surface area contributed by atoms with Crippen LogP contribution in [0.15, 0.2) is 12.1 Å². The maximum atomic E-state index is 12.8. The lowest BCUT2D eigenvalue weighted by molar-refractivity contribution is -0.141. The van der Waals surface area contributed by atoms with Gasteiger partial charge in [-0.15, -0.1) is 0 Å². The number of anilines is 1. The van der Waals surface area contributed by atoms with Gasteiger partial charge in [-0.3, -0.25) is 5.10 Å². The number of nitrogens with one attached hydrogen (secondary N) is 1. The summed E-state index contributed by atoms with van der Waals surface area (Å²) in [6, 6.07) is 2.52. The molecule has 0 aliphatic carbocycles. The molecule has 2 aromatic heterocycles. The Labute approximate surface area is 107 Å². The van der Waals surface area contributed by atoms with E-state index in [1.54, 1.807) is 27.1 Å². The second kappa shape index (κ2) is 4.52. The fourth-order valence-corrected chi connectivity index (χ4v) is 1.46. The van der Waals surface area contributed by atoms with Crippen molar-refractivity contribution in [2.75, 3.05) is 19.0 Å². The second-order valence-corrected chi connectivity index (χ2v) is 4.27. The summed E-state index contributed by atoms with van der Waals surface area (Å²) in [6.07, 6.45) is -4.52. The zero-order chi connectivity index (χ0) is 14.2. The summed E-state index contributed by atoms with van der Waals surface area (Å²) in [5.41, 5.74) is 0.249. The van der Waals surface area contributed by atoms with Gasteiger partial charge < -0.3 is 4.90 Å². The molecule has 0 amide bonds. The van der Waals surface area contributed by atoms with Crippen molar-refractivity contribution in [2.24, 2.45) is 0 Å². The highest BCUT2D eigenvalue weighted by atomic mass is 19.4. The molecule has 1 N–H and O–H groups in total. The molecular weight excluding hydrogens is 259 g/mol. The Hall–Kier alpha value is -2.12. The van der Waals surface area contributed by atoms with E-state index in [2.05, 4.69) is 20.2 Å². The first-order chi connectivity index (χ1) is 8.77. The number of H-pyrrole nitrogens is 1. The Morgan fingerprint density at radius 1 is 1.11 bits per heavy atom. The first-order valence-electron chi connectivity index (χ1n) is 5.43. The Balaban J connectivity index is 2.58. The average molecular weight is 271 g/mol. The van der Waals surface area contributed by atoms with Gasteiger partial charge in [-0.05, 0) is 19.1 Å². The fourth-order valence-electron chi connectivity index (χ4n) is 1.46. The molecule has 0 saturated heterocycles. The highest BCUT2D eigenvalue weighted by Gasteiger charge is 2.34.